The first-order valence-electron chi connectivity index (χ1n) is 9.92. The second-order valence-corrected chi connectivity index (χ2v) is 7.37. The lowest BCUT2D eigenvalue weighted by Crippen LogP contribution is -2.29. The van der Waals surface area contributed by atoms with Crippen LogP contribution in [0.15, 0.2) is 54.7 Å². The molecule has 146 valence electrons. The smallest absolute Gasteiger partial charge is 0.140 e. The predicted octanol–water partition coefficient (Wildman–Crippen LogP) is 4.15. The van der Waals surface area contributed by atoms with Gasteiger partial charge in [-0.05, 0) is 49.2 Å². The van der Waals surface area contributed by atoms with Crippen molar-refractivity contribution >= 4 is 0 Å². The van der Waals surface area contributed by atoms with Crippen LogP contribution in [0.2, 0.25) is 0 Å². The van der Waals surface area contributed by atoms with Gasteiger partial charge in [0.2, 0.25) is 0 Å². The molecule has 1 fully saturated rings. The molecule has 2 heterocycles. The lowest BCUT2D eigenvalue weighted by molar-refractivity contribution is 0.209. The summed E-state index contributed by atoms with van der Waals surface area (Å²) in [6.45, 7) is 3.26. The third kappa shape index (κ3) is 4.11. The van der Waals surface area contributed by atoms with Gasteiger partial charge in [-0.2, -0.15) is 0 Å². The number of aliphatic hydroxyl groups excluding tert-OH is 1. The molecule has 1 atom stereocenters. The van der Waals surface area contributed by atoms with E-state index in [1.54, 1.807) is 13.3 Å². The summed E-state index contributed by atoms with van der Waals surface area (Å²) < 4.78 is 5.43. The summed E-state index contributed by atoms with van der Waals surface area (Å²) in [6.07, 6.45) is 4.85. The van der Waals surface area contributed by atoms with Crippen LogP contribution >= 0.6 is 0 Å². The van der Waals surface area contributed by atoms with Crippen LogP contribution in [0, 0.1) is 0 Å². The van der Waals surface area contributed by atoms with Crippen molar-refractivity contribution in [2.24, 2.45) is 0 Å². The van der Waals surface area contributed by atoms with Gasteiger partial charge in [-0.15, -0.1) is 0 Å². The molecule has 0 saturated carbocycles. The van der Waals surface area contributed by atoms with E-state index in [0.29, 0.717) is 5.82 Å². The topological polar surface area (TPSA) is 61.4 Å². The standard InChI is InChI=1S/C23H27N3O2/c1-28-21-11-4-3-10-19(21)20-15-24-23(25-20)22(27)18-9-7-8-17(14-18)16-26-12-5-2-6-13-26/h3-4,7-11,14-15,22,27H,2,5-6,12-13,16H2,1H3,(H,24,25). The van der Waals surface area contributed by atoms with Gasteiger partial charge in [0.15, 0.2) is 0 Å². The largest absolute Gasteiger partial charge is 0.496 e. The monoisotopic (exact) mass is 377 g/mol. The molecule has 0 radical (unpaired) electrons. The number of imidazole rings is 1. The average molecular weight is 377 g/mol. The zero-order valence-corrected chi connectivity index (χ0v) is 16.3. The minimum atomic E-state index is -0.787. The summed E-state index contributed by atoms with van der Waals surface area (Å²) in [7, 11) is 1.65. The highest BCUT2D eigenvalue weighted by Crippen LogP contribution is 2.30. The Kier molecular flexibility index (Phi) is 5.74. The van der Waals surface area contributed by atoms with E-state index in [2.05, 4.69) is 27.0 Å². The Morgan fingerprint density at radius 3 is 2.75 bits per heavy atom. The maximum absolute atomic E-state index is 10.9. The molecule has 0 aliphatic carbocycles. The third-order valence-corrected chi connectivity index (χ3v) is 5.37. The number of likely N-dealkylation sites (tertiary alicyclic amines) is 1. The summed E-state index contributed by atoms with van der Waals surface area (Å²) in [6, 6.07) is 16.0. The first kappa shape index (κ1) is 18.7. The zero-order valence-electron chi connectivity index (χ0n) is 16.3. The maximum Gasteiger partial charge on any atom is 0.140 e. The Morgan fingerprint density at radius 1 is 1.11 bits per heavy atom. The number of aromatic nitrogens is 2. The molecule has 2 N–H and O–H groups in total. The lowest BCUT2D eigenvalue weighted by Gasteiger charge is -2.26. The number of para-hydroxylation sites is 1. The van der Waals surface area contributed by atoms with E-state index < -0.39 is 6.10 Å². The molecule has 1 aromatic heterocycles. The van der Waals surface area contributed by atoms with Crippen molar-refractivity contribution in [2.45, 2.75) is 31.9 Å². The second-order valence-electron chi connectivity index (χ2n) is 7.37. The van der Waals surface area contributed by atoms with Crippen LogP contribution in [-0.2, 0) is 6.54 Å². The van der Waals surface area contributed by atoms with Crippen LogP contribution in [0.4, 0.5) is 0 Å². The summed E-state index contributed by atoms with van der Waals surface area (Å²) in [4.78, 5) is 10.2. The highest BCUT2D eigenvalue weighted by molar-refractivity contribution is 5.66. The predicted molar refractivity (Wildman–Crippen MR) is 110 cm³/mol. The summed E-state index contributed by atoms with van der Waals surface area (Å²) in [5.74, 6) is 1.31. The van der Waals surface area contributed by atoms with Crippen LogP contribution in [0.5, 0.6) is 5.75 Å². The lowest BCUT2D eigenvalue weighted by atomic mass is 10.0. The maximum atomic E-state index is 10.9. The van der Waals surface area contributed by atoms with Crippen molar-refractivity contribution in [3.05, 3.63) is 71.7 Å². The van der Waals surface area contributed by atoms with Crippen molar-refractivity contribution < 1.29 is 9.84 Å². The number of aliphatic hydroxyl groups is 1. The first-order valence-corrected chi connectivity index (χ1v) is 9.92. The molecule has 2 aromatic carbocycles. The van der Waals surface area contributed by atoms with Gasteiger partial charge in [-0.25, -0.2) is 4.98 Å². The Hall–Kier alpha value is -2.63. The van der Waals surface area contributed by atoms with Gasteiger partial charge >= 0.3 is 0 Å². The van der Waals surface area contributed by atoms with Crippen molar-refractivity contribution in [1.29, 1.82) is 0 Å². The number of ether oxygens (including phenoxy) is 1. The molecule has 1 unspecified atom stereocenters. The molecule has 0 amide bonds. The van der Waals surface area contributed by atoms with E-state index >= 15 is 0 Å². The molecular formula is C23H27N3O2. The van der Waals surface area contributed by atoms with Gasteiger partial charge in [0, 0.05) is 12.1 Å². The number of hydrogen-bond acceptors (Lipinski definition) is 4. The quantitative estimate of drug-likeness (QED) is 0.677. The summed E-state index contributed by atoms with van der Waals surface area (Å²) >= 11 is 0. The van der Waals surface area contributed by atoms with E-state index in [0.717, 1.165) is 42.2 Å². The molecule has 1 aliphatic rings. The molecule has 1 saturated heterocycles. The molecule has 1 aliphatic heterocycles. The number of nitrogens with zero attached hydrogens (tertiary/aromatic N) is 2. The number of aromatic amines is 1. The fourth-order valence-electron chi connectivity index (χ4n) is 3.87. The van der Waals surface area contributed by atoms with Crippen molar-refractivity contribution in [3.63, 3.8) is 0 Å². The number of rotatable bonds is 6. The summed E-state index contributed by atoms with van der Waals surface area (Å²) in [5.41, 5.74) is 3.84. The Labute approximate surface area is 166 Å². The first-order chi connectivity index (χ1) is 13.7. The SMILES string of the molecule is COc1ccccc1-c1cnc(C(O)c2cccc(CN3CCCCC3)c2)[nH]1. The second kappa shape index (κ2) is 8.59. The molecule has 4 rings (SSSR count). The number of benzene rings is 2. The van der Waals surface area contributed by atoms with Crippen molar-refractivity contribution in [1.82, 2.24) is 14.9 Å². The molecular weight excluding hydrogens is 350 g/mol. The van der Waals surface area contributed by atoms with E-state index in [1.807, 2.05) is 36.4 Å². The minimum absolute atomic E-state index is 0.538. The van der Waals surface area contributed by atoms with Crippen LogP contribution in [0.3, 0.4) is 0 Å². The van der Waals surface area contributed by atoms with Gasteiger partial charge in [0.1, 0.15) is 17.7 Å². The molecule has 28 heavy (non-hydrogen) atoms. The normalized spacial score (nSPS) is 16.1. The number of hydrogen-bond donors (Lipinski definition) is 2. The van der Waals surface area contributed by atoms with E-state index in [1.165, 1.54) is 24.8 Å². The fourth-order valence-corrected chi connectivity index (χ4v) is 3.87. The van der Waals surface area contributed by atoms with Gasteiger partial charge in [-0.3, -0.25) is 4.90 Å². The molecule has 5 heteroatoms. The molecule has 5 nitrogen and oxygen atoms in total. The fraction of sp³-hybridized carbons (Fsp3) is 0.348. The third-order valence-electron chi connectivity index (χ3n) is 5.37. The molecule has 0 bridgehead atoms. The molecule has 3 aromatic rings. The Bertz CT molecular complexity index is 915. The van der Waals surface area contributed by atoms with Crippen molar-refractivity contribution in [2.75, 3.05) is 20.2 Å². The number of piperidine rings is 1. The number of methoxy groups -OCH3 is 1. The highest BCUT2D eigenvalue weighted by Gasteiger charge is 2.17. The van der Waals surface area contributed by atoms with Gasteiger partial charge in [0.05, 0.1) is 19.0 Å². The zero-order chi connectivity index (χ0) is 19.3. The van der Waals surface area contributed by atoms with Gasteiger partial charge in [-0.1, -0.05) is 42.8 Å². The molecule has 0 spiro atoms. The van der Waals surface area contributed by atoms with E-state index in [9.17, 15) is 5.11 Å². The Morgan fingerprint density at radius 2 is 1.93 bits per heavy atom. The van der Waals surface area contributed by atoms with Gasteiger partial charge < -0.3 is 14.8 Å². The minimum Gasteiger partial charge on any atom is -0.496 e. The van der Waals surface area contributed by atoms with Crippen LogP contribution < -0.4 is 4.74 Å². The Balaban J connectivity index is 1.52. The van der Waals surface area contributed by atoms with Crippen molar-refractivity contribution in [3.8, 4) is 17.0 Å². The van der Waals surface area contributed by atoms with Crippen LogP contribution in [-0.4, -0.2) is 40.2 Å². The number of H-pyrrole nitrogens is 1. The van der Waals surface area contributed by atoms with Crippen LogP contribution in [0.25, 0.3) is 11.3 Å². The number of nitrogens with one attached hydrogen (secondary N) is 1. The van der Waals surface area contributed by atoms with Gasteiger partial charge in [0.25, 0.3) is 0 Å². The van der Waals surface area contributed by atoms with E-state index in [-0.39, 0.29) is 0 Å². The van der Waals surface area contributed by atoms with E-state index in [4.69, 9.17) is 4.74 Å². The summed E-state index contributed by atoms with van der Waals surface area (Å²) in [5, 5.41) is 10.9. The highest BCUT2D eigenvalue weighted by atomic mass is 16.5. The average Bonchev–Trinajstić information content (AvgIpc) is 3.24. The van der Waals surface area contributed by atoms with Crippen LogP contribution in [0.1, 0.15) is 42.3 Å².